The van der Waals surface area contributed by atoms with Crippen molar-refractivity contribution in [1.29, 1.82) is 0 Å². The smallest absolute Gasteiger partial charge is 0.258 e. The number of carbonyl (C=O) groups excluding carboxylic acids is 3. The van der Waals surface area contributed by atoms with E-state index in [1.54, 1.807) is 9.80 Å². The molecule has 0 aromatic heterocycles. The Labute approximate surface area is 219 Å². The van der Waals surface area contributed by atoms with Crippen LogP contribution in [0.25, 0.3) is 10.8 Å². The van der Waals surface area contributed by atoms with Crippen molar-refractivity contribution in [3.63, 3.8) is 0 Å². The average molecular weight is 500 g/mol. The number of nitrogens with one attached hydrogen (secondary N) is 1. The molecule has 3 aromatic carbocycles. The minimum atomic E-state index is -0.513. The van der Waals surface area contributed by atoms with E-state index < -0.39 is 6.04 Å². The highest BCUT2D eigenvalue weighted by molar-refractivity contribution is 6.25. The topological polar surface area (TPSA) is 69.7 Å². The average Bonchev–Trinajstić information content (AvgIpc) is 3.18. The van der Waals surface area contributed by atoms with Gasteiger partial charge >= 0.3 is 0 Å². The first-order valence-electron chi connectivity index (χ1n) is 13.4. The zero-order valence-corrected chi connectivity index (χ0v) is 22.1. The van der Waals surface area contributed by atoms with Gasteiger partial charge in [0.2, 0.25) is 11.8 Å². The second kappa shape index (κ2) is 12.0. The number of rotatable bonds is 12. The third-order valence-electron chi connectivity index (χ3n) is 6.98. The van der Waals surface area contributed by atoms with Gasteiger partial charge in [-0.25, -0.2) is 0 Å². The van der Waals surface area contributed by atoms with Crippen LogP contribution in [-0.4, -0.2) is 48.3 Å². The summed E-state index contributed by atoms with van der Waals surface area (Å²) in [6.45, 7) is 7.57. The van der Waals surface area contributed by atoms with Gasteiger partial charge in [-0.3, -0.25) is 14.4 Å². The molecule has 0 unspecified atom stereocenters. The molecule has 0 saturated carbocycles. The van der Waals surface area contributed by atoms with Gasteiger partial charge in [0.05, 0.1) is 5.69 Å². The first-order chi connectivity index (χ1) is 17.9. The van der Waals surface area contributed by atoms with Crippen molar-refractivity contribution in [3.05, 3.63) is 77.9 Å². The van der Waals surface area contributed by atoms with E-state index in [-0.39, 0.29) is 24.1 Å². The van der Waals surface area contributed by atoms with Crippen LogP contribution in [0.1, 0.15) is 56.0 Å². The number of hydrogen-bond acceptors (Lipinski definition) is 3. The van der Waals surface area contributed by atoms with Crippen LogP contribution in [0.2, 0.25) is 0 Å². The number of carbonyl (C=O) groups is 3. The fourth-order valence-electron chi connectivity index (χ4n) is 5.05. The largest absolute Gasteiger partial charge is 0.354 e. The molecule has 6 heteroatoms. The zero-order valence-electron chi connectivity index (χ0n) is 22.1. The molecule has 1 aliphatic rings. The van der Waals surface area contributed by atoms with Crippen LogP contribution in [-0.2, 0) is 16.0 Å². The molecule has 1 aliphatic heterocycles. The number of amides is 3. The van der Waals surface area contributed by atoms with Crippen molar-refractivity contribution >= 4 is 34.2 Å². The third-order valence-corrected chi connectivity index (χ3v) is 6.98. The van der Waals surface area contributed by atoms with Gasteiger partial charge in [0.1, 0.15) is 6.04 Å². The van der Waals surface area contributed by atoms with Gasteiger partial charge in [0.15, 0.2) is 0 Å². The molecule has 0 bridgehead atoms. The molecule has 1 heterocycles. The number of hydrogen-bond donors (Lipinski definition) is 1. The van der Waals surface area contributed by atoms with Crippen molar-refractivity contribution in [2.24, 2.45) is 5.92 Å². The second-order valence-electron chi connectivity index (χ2n) is 10.1. The summed E-state index contributed by atoms with van der Waals surface area (Å²) in [4.78, 5) is 43.2. The summed E-state index contributed by atoms with van der Waals surface area (Å²) in [6.07, 6.45) is 2.04. The van der Waals surface area contributed by atoms with Crippen molar-refractivity contribution in [2.75, 3.05) is 24.5 Å². The summed E-state index contributed by atoms with van der Waals surface area (Å²) in [5.41, 5.74) is 2.76. The molecule has 4 rings (SSSR count). The van der Waals surface area contributed by atoms with E-state index in [1.165, 1.54) is 0 Å². The molecule has 6 nitrogen and oxygen atoms in total. The molecule has 3 aromatic rings. The minimum absolute atomic E-state index is 0.0142. The molecule has 3 amide bonds. The predicted octanol–water partition coefficient (Wildman–Crippen LogP) is 5.20. The van der Waals surface area contributed by atoms with Crippen molar-refractivity contribution in [3.8, 4) is 0 Å². The lowest BCUT2D eigenvalue weighted by Crippen LogP contribution is -2.50. The molecular formula is C31H37N3O3. The van der Waals surface area contributed by atoms with Crippen LogP contribution in [0.3, 0.4) is 0 Å². The van der Waals surface area contributed by atoms with Crippen LogP contribution in [0.5, 0.6) is 0 Å². The minimum Gasteiger partial charge on any atom is -0.354 e. The fourth-order valence-corrected chi connectivity index (χ4v) is 5.05. The van der Waals surface area contributed by atoms with Crippen molar-refractivity contribution in [2.45, 2.75) is 52.5 Å². The number of nitrogens with zero attached hydrogens (tertiary/aromatic N) is 2. The Hall–Kier alpha value is -3.67. The molecule has 0 saturated heterocycles. The van der Waals surface area contributed by atoms with Gasteiger partial charge in [0.25, 0.3) is 5.91 Å². The Bertz CT molecular complexity index is 1250. The second-order valence-corrected chi connectivity index (χ2v) is 10.1. The summed E-state index contributed by atoms with van der Waals surface area (Å²) < 4.78 is 0. The van der Waals surface area contributed by atoms with E-state index in [0.29, 0.717) is 44.8 Å². The Balaban J connectivity index is 1.44. The van der Waals surface area contributed by atoms with Crippen molar-refractivity contribution in [1.82, 2.24) is 10.2 Å². The van der Waals surface area contributed by atoms with E-state index in [4.69, 9.17) is 0 Å². The SMILES string of the molecule is CC[C@@H](C(=O)NCC(C)C)N(CCc1ccccc1)C(=O)CCCN1C(=O)c2cccc3cccc1c23. The van der Waals surface area contributed by atoms with Crippen LogP contribution >= 0.6 is 0 Å². The highest BCUT2D eigenvalue weighted by Gasteiger charge is 2.31. The van der Waals surface area contributed by atoms with Crippen LogP contribution < -0.4 is 10.2 Å². The summed E-state index contributed by atoms with van der Waals surface area (Å²) in [5.74, 6) is 0.167. The van der Waals surface area contributed by atoms with E-state index in [1.807, 2.05) is 73.7 Å². The van der Waals surface area contributed by atoms with Gasteiger partial charge in [-0.1, -0.05) is 75.4 Å². The summed E-state index contributed by atoms with van der Waals surface area (Å²) in [5, 5.41) is 5.04. The Morgan fingerprint density at radius 1 is 0.973 bits per heavy atom. The van der Waals surface area contributed by atoms with Gasteiger partial charge in [-0.15, -0.1) is 0 Å². The molecule has 37 heavy (non-hydrogen) atoms. The maximum Gasteiger partial charge on any atom is 0.258 e. The molecule has 0 fully saturated rings. The molecular weight excluding hydrogens is 462 g/mol. The monoisotopic (exact) mass is 499 g/mol. The van der Waals surface area contributed by atoms with E-state index in [9.17, 15) is 14.4 Å². The molecule has 0 aliphatic carbocycles. The first kappa shape index (κ1) is 26.4. The summed E-state index contributed by atoms with van der Waals surface area (Å²) >= 11 is 0. The van der Waals surface area contributed by atoms with Gasteiger partial charge in [-0.2, -0.15) is 0 Å². The van der Waals surface area contributed by atoms with Gasteiger partial charge in [-0.05, 0) is 48.3 Å². The number of anilines is 1. The Morgan fingerprint density at radius 3 is 2.41 bits per heavy atom. The maximum absolute atomic E-state index is 13.5. The van der Waals surface area contributed by atoms with Crippen LogP contribution in [0, 0.1) is 5.92 Å². The Morgan fingerprint density at radius 2 is 1.70 bits per heavy atom. The fraction of sp³-hybridized carbons (Fsp3) is 0.387. The third kappa shape index (κ3) is 6.01. The quantitative estimate of drug-likeness (QED) is 0.372. The number of benzene rings is 3. The van der Waals surface area contributed by atoms with Crippen molar-refractivity contribution < 1.29 is 14.4 Å². The highest BCUT2D eigenvalue weighted by Crippen LogP contribution is 2.37. The lowest BCUT2D eigenvalue weighted by Gasteiger charge is -2.31. The lowest BCUT2D eigenvalue weighted by molar-refractivity contribution is -0.140. The van der Waals surface area contributed by atoms with E-state index in [0.717, 1.165) is 27.6 Å². The van der Waals surface area contributed by atoms with E-state index in [2.05, 4.69) is 19.2 Å². The summed E-state index contributed by atoms with van der Waals surface area (Å²) in [6, 6.07) is 21.3. The Kier molecular flexibility index (Phi) is 8.59. The lowest BCUT2D eigenvalue weighted by atomic mass is 10.1. The predicted molar refractivity (Wildman–Crippen MR) is 149 cm³/mol. The van der Waals surface area contributed by atoms with Gasteiger partial charge < -0.3 is 15.1 Å². The molecule has 194 valence electrons. The molecule has 0 spiro atoms. The molecule has 1 atom stereocenters. The first-order valence-corrected chi connectivity index (χ1v) is 13.4. The van der Waals surface area contributed by atoms with Crippen LogP contribution in [0.15, 0.2) is 66.7 Å². The standard InChI is InChI=1S/C31H37N3O3/c1-4-26(30(36)32-21-22(2)3)33(20-18-23-11-6-5-7-12-23)28(35)17-10-19-34-27-16-9-14-24-13-8-15-25(29(24)27)31(34)37/h5-9,11-16,22,26H,4,10,17-21H2,1-3H3,(H,32,36)/t26-/m0/s1. The maximum atomic E-state index is 13.5. The zero-order chi connectivity index (χ0) is 26.4. The van der Waals surface area contributed by atoms with Gasteiger partial charge in [0, 0.05) is 37.0 Å². The molecule has 0 radical (unpaired) electrons. The summed E-state index contributed by atoms with van der Waals surface area (Å²) in [7, 11) is 0. The highest BCUT2D eigenvalue weighted by atomic mass is 16.2. The van der Waals surface area contributed by atoms with Crippen LogP contribution in [0.4, 0.5) is 5.69 Å². The normalized spacial score (nSPS) is 13.3. The van der Waals surface area contributed by atoms with E-state index >= 15 is 0 Å². The molecule has 1 N–H and O–H groups in total.